The molecule has 0 radical (unpaired) electrons. The average Bonchev–Trinajstić information content (AvgIpc) is 2.83. The van der Waals surface area contributed by atoms with Gasteiger partial charge in [-0.15, -0.1) is 11.3 Å². The van der Waals surface area contributed by atoms with Gasteiger partial charge in [0.05, 0.1) is 9.47 Å². The summed E-state index contributed by atoms with van der Waals surface area (Å²) >= 11 is 4.55. The Morgan fingerprint density at radius 3 is 2.71 bits per heavy atom. The lowest BCUT2D eigenvalue weighted by molar-refractivity contribution is 0.588. The van der Waals surface area contributed by atoms with E-state index in [4.69, 9.17) is 5.73 Å². The van der Waals surface area contributed by atoms with Crippen LogP contribution in [0.1, 0.15) is 24.4 Å². The number of thiophene rings is 1. The summed E-state index contributed by atoms with van der Waals surface area (Å²) in [6.07, 6.45) is 1.54. The van der Waals surface area contributed by atoms with Crippen molar-refractivity contribution < 1.29 is 8.42 Å². The van der Waals surface area contributed by atoms with E-state index in [-0.39, 0.29) is 6.04 Å². The first-order chi connectivity index (χ1) is 10.00. The van der Waals surface area contributed by atoms with Gasteiger partial charge in [-0.25, -0.2) is 8.42 Å². The van der Waals surface area contributed by atoms with Crippen molar-refractivity contribution in [3.05, 3.63) is 45.7 Å². The van der Waals surface area contributed by atoms with Crippen molar-refractivity contribution in [3.63, 3.8) is 0 Å². The standard InChI is InChI=1S/C14H15BrN2O2S2/c15-13-7-8-14(20-13)21(18,19)17-9-3-5-11(16)10-4-1-2-6-12(10)17/h1-2,4,6-8,11H,3,5,9,16H2. The van der Waals surface area contributed by atoms with Crippen LogP contribution in [-0.4, -0.2) is 15.0 Å². The molecule has 7 heteroatoms. The van der Waals surface area contributed by atoms with E-state index in [1.165, 1.54) is 15.6 Å². The van der Waals surface area contributed by atoms with Crippen LogP contribution in [0.4, 0.5) is 5.69 Å². The van der Waals surface area contributed by atoms with Crippen molar-refractivity contribution in [3.8, 4) is 0 Å². The molecule has 2 heterocycles. The molecule has 112 valence electrons. The van der Waals surface area contributed by atoms with Crippen molar-refractivity contribution in [2.24, 2.45) is 5.73 Å². The second-order valence-corrected chi connectivity index (χ2v) is 9.50. The van der Waals surface area contributed by atoms with Gasteiger partial charge < -0.3 is 5.73 Å². The number of hydrogen-bond donors (Lipinski definition) is 1. The molecular formula is C14H15BrN2O2S2. The number of benzene rings is 1. The van der Waals surface area contributed by atoms with E-state index in [0.29, 0.717) is 16.4 Å². The summed E-state index contributed by atoms with van der Waals surface area (Å²) < 4.78 is 28.4. The number of para-hydroxylation sites is 1. The molecule has 3 rings (SSSR count). The van der Waals surface area contributed by atoms with Crippen LogP contribution in [0.15, 0.2) is 44.4 Å². The van der Waals surface area contributed by atoms with Gasteiger partial charge in [-0.1, -0.05) is 18.2 Å². The molecule has 21 heavy (non-hydrogen) atoms. The maximum Gasteiger partial charge on any atom is 0.273 e. The van der Waals surface area contributed by atoms with Crippen molar-refractivity contribution >= 4 is 43.0 Å². The third kappa shape index (κ3) is 2.75. The number of nitrogens with two attached hydrogens (primary N) is 1. The molecule has 0 bridgehead atoms. The van der Waals surface area contributed by atoms with E-state index in [2.05, 4.69) is 15.9 Å². The second kappa shape index (κ2) is 5.72. The van der Waals surface area contributed by atoms with Gasteiger partial charge in [-0.2, -0.15) is 0 Å². The highest BCUT2D eigenvalue weighted by molar-refractivity contribution is 9.11. The van der Waals surface area contributed by atoms with E-state index in [0.717, 1.165) is 22.2 Å². The van der Waals surface area contributed by atoms with Gasteiger partial charge in [0.25, 0.3) is 10.0 Å². The molecule has 1 aliphatic heterocycles. The Kier molecular flexibility index (Phi) is 4.09. The largest absolute Gasteiger partial charge is 0.324 e. The minimum Gasteiger partial charge on any atom is -0.324 e. The van der Waals surface area contributed by atoms with Gasteiger partial charge >= 0.3 is 0 Å². The van der Waals surface area contributed by atoms with E-state index in [9.17, 15) is 8.42 Å². The highest BCUT2D eigenvalue weighted by Crippen LogP contribution is 2.37. The van der Waals surface area contributed by atoms with Gasteiger partial charge in [-0.05, 0) is 52.5 Å². The molecule has 1 atom stereocenters. The van der Waals surface area contributed by atoms with Crippen LogP contribution in [0, 0.1) is 0 Å². The molecule has 0 saturated carbocycles. The maximum atomic E-state index is 12.9. The highest BCUT2D eigenvalue weighted by atomic mass is 79.9. The first-order valence-corrected chi connectivity index (χ1v) is 9.67. The smallest absolute Gasteiger partial charge is 0.273 e. The normalized spacial score (nSPS) is 19.1. The number of sulfonamides is 1. The van der Waals surface area contributed by atoms with E-state index < -0.39 is 10.0 Å². The van der Waals surface area contributed by atoms with Crippen LogP contribution < -0.4 is 10.0 Å². The number of nitrogens with zero attached hydrogens (tertiary/aromatic N) is 1. The molecule has 0 fully saturated rings. The minimum atomic E-state index is -3.54. The van der Waals surface area contributed by atoms with Crippen LogP contribution >= 0.6 is 27.3 Å². The fourth-order valence-corrected chi connectivity index (χ4v) is 6.21. The minimum absolute atomic E-state index is 0.114. The molecular weight excluding hydrogens is 372 g/mol. The monoisotopic (exact) mass is 386 g/mol. The van der Waals surface area contributed by atoms with Crippen LogP contribution in [0.5, 0.6) is 0 Å². The van der Waals surface area contributed by atoms with Crippen molar-refractivity contribution in [2.75, 3.05) is 10.8 Å². The zero-order chi connectivity index (χ0) is 15.0. The first-order valence-electron chi connectivity index (χ1n) is 6.63. The molecule has 1 aliphatic rings. The van der Waals surface area contributed by atoms with Gasteiger partial charge in [0.1, 0.15) is 4.21 Å². The van der Waals surface area contributed by atoms with Crippen LogP contribution in [-0.2, 0) is 10.0 Å². The topological polar surface area (TPSA) is 63.4 Å². The average molecular weight is 387 g/mol. The molecule has 0 saturated heterocycles. The van der Waals surface area contributed by atoms with Gasteiger partial charge in [-0.3, -0.25) is 4.31 Å². The zero-order valence-electron chi connectivity index (χ0n) is 11.2. The molecule has 4 nitrogen and oxygen atoms in total. The highest BCUT2D eigenvalue weighted by Gasteiger charge is 2.30. The molecule has 1 aromatic carbocycles. The summed E-state index contributed by atoms with van der Waals surface area (Å²) in [6.45, 7) is 0.461. The van der Waals surface area contributed by atoms with E-state index in [1.54, 1.807) is 12.1 Å². The predicted molar refractivity (Wildman–Crippen MR) is 89.2 cm³/mol. The molecule has 0 spiro atoms. The number of fused-ring (bicyclic) bond motifs is 1. The predicted octanol–water partition coefficient (Wildman–Crippen LogP) is 3.50. The SMILES string of the molecule is NC1CCCN(S(=O)(=O)c2ccc(Br)s2)c2ccccc21. The number of hydrogen-bond acceptors (Lipinski definition) is 4. The summed E-state index contributed by atoms with van der Waals surface area (Å²) in [5.41, 5.74) is 7.77. The summed E-state index contributed by atoms with van der Waals surface area (Å²) in [5.74, 6) is 0. The Hall–Kier alpha value is -0.890. The third-order valence-corrected chi connectivity index (χ3v) is 7.48. The molecule has 0 aliphatic carbocycles. The van der Waals surface area contributed by atoms with Gasteiger partial charge in [0.2, 0.25) is 0 Å². The lowest BCUT2D eigenvalue weighted by Gasteiger charge is -2.24. The second-order valence-electron chi connectivity index (χ2n) is 4.94. The van der Waals surface area contributed by atoms with Gasteiger partial charge in [0.15, 0.2) is 0 Å². The lowest BCUT2D eigenvalue weighted by Crippen LogP contribution is -2.31. The molecule has 1 unspecified atom stereocenters. The van der Waals surface area contributed by atoms with Crippen LogP contribution in [0.25, 0.3) is 0 Å². The zero-order valence-corrected chi connectivity index (χ0v) is 14.4. The van der Waals surface area contributed by atoms with E-state index >= 15 is 0 Å². The molecule has 1 aromatic heterocycles. The third-order valence-electron chi connectivity index (χ3n) is 3.57. The van der Waals surface area contributed by atoms with Crippen molar-refractivity contribution in [1.82, 2.24) is 0 Å². The first kappa shape index (κ1) is 15.0. The van der Waals surface area contributed by atoms with Crippen molar-refractivity contribution in [2.45, 2.75) is 23.1 Å². The number of anilines is 1. The summed E-state index contributed by atoms with van der Waals surface area (Å²) in [7, 11) is -3.54. The fraction of sp³-hybridized carbons (Fsp3) is 0.286. The summed E-state index contributed by atoms with van der Waals surface area (Å²) in [6, 6.07) is 10.8. The Balaban J connectivity index is 2.12. The molecule has 0 amide bonds. The molecule has 2 N–H and O–H groups in total. The van der Waals surface area contributed by atoms with Gasteiger partial charge in [0, 0.05) is 12.6 Å². The molecule has 2 aromatic rings. The summed E-state index contributed by atoms with van der Waals surface area (Å²) in [5, 5.41) is 0. The van der Waals surface area contributed by atoms with Crippen molar-refractivity contribution in [1.29, 1.82) is 0 Å². The number of rotatable bonds is 2. The summed E-state index contributed by atoms with van der Waals surface area (Å²) in [4.78, 5) is 0. The van der Waals surface area contributed by atoms with Crippen LogP contribution in [0.2, 0.25) is 0 Å². The lowest BCUT2D eigenvalue weighted by atomic mass is 10.0. The Bertz CT molecular complexity index is 758. The quantitative estimate of drug-likeness (QED) is 0.858. The Morgan fingerprint density at radius 1 is 1.24 bits per heavy atom. The Labute approximate surface area is 136 Å². The Morgan fingerprint density at radius 2 is 2.00 bits per heavy atom. The number of halogens is 1. The fourth-order valence-electron chi connectivity index (χ4n) is 2.55. The van der Waals surface area contributed by atoms with Crippen LogP contribution in [0.3, 0.4) is 0 Å². The maximum absolute atomic E-state index is 12.9. The van der Waals surface area contributed by atoms with E-state index in [1.807, 2.05) is 24.3 Å².